The fourth-order valence-electron chi connectivity index (χ4n) is 1.70. The van der Waals surface area contributed by atoms with Gasteiger partial charge in [-0.25, -0.2) is 4.98 Å². The number of hydrogen-bond acceptors (Lipinski definition) is 5. The number of rotatable bonds is 2. The zero-order valence-electron chi connectivity index (χ0n) is 9.30. The Bertz CT molecular complexity index is 669. The summed E-state index contributed by atoms with van der Waals surface area (Å²) in [7, 11) is 0. The van der Waals surface area contributed by atoms with Gasteiger partial charge in [0.2, 0.25) is 0 Å². The van der Waals surface area contributed by atoms with Crippen molar-refractivity contribution in [3.63, 3.8) is 0 Å². The Labute approximate surface area is 107 Å². The second-order valence-electron chi connectivity index (χ2n) is 3.76. The fourth-order valence-corrected chi connectivity index (χ4v) is 3.41. The maximum Gasteiger partial charge on any atom is 0.125 e. The number of fused-ring (bicyclic) bond motifs is 1. The molecule has 0 saturated carbocycles. The summed E-state index contributed by atoms with van der Waals surface area (Å²) in [4.78, 5) is 10.1. The van der Waals surface area contributed by atoms with Crippen molar-refractivity contribution in [2.24, 2.45) is 5.73 Å². The van der Waals surface area contributed by atoms with Crippen LogP contribution in [0.5, 0.6) is 0 Å². The largest absolute Gasteiger partial charge is 0.326 e. The lowest BCUT2D eigenvalue weighted by Crippen LogP contribution is -1.94. The van der Waals surface area contributed by atoms with E-state index >= 15 is 0 Å². The minimum Gasteiger partial charge on any atom is -0.326 e. The lowest BCUT2D eigenvalue weighted by atomic mass is 10.3. The van der Waals surface area contributed by atoms with E-state index in [9.17, 15) is 0 Å². The Morgan fingerprint density at radius 1 is 1.41 bits per heavy atom. The van der Waals surface area contributed by atoms with E-state index in [0.29, 0.717) is 6.54 Å². The van der Waals surface area contributed by atoms with Crippen LogP contribution in [0.2, 0.25) is 0 Å². The summed E-state index contributed by atoms with van der Waals surface area (Å²) in [6.45, 7) is 2.55. The number of nitrogens with zero attached hydrogens (tertiary/aromatic N) is 2. The van der Waals surface area contributed by atoms with Gasteiger partial charge in [0.1, 0.15) is 5.01 Å². The molecule has 0 bridgehead atoms. The molecule has 0 radical (unpaired) electrons. The number of thiazole rings is 1. The third-order valence-electron chi connectivity index (χ3n) is 2.63. The van der Waals surface area contributed by atoms with E-state index in [1.165, 1.54) is 4.70 Å². The van der Waals surface area contributed by atoms with Crippen LogP contribution in [-0.4, -0.2) is 9.97 Å². The second-order valence-corrected chi connectivity index (χ2v) is 5.79. The first-order chi connectivity index (χ1) is 8.28. The Morgan fingerprint density at radius 2 is 2.29 bits per heavy atom. The van der Waals surface area contributed by atoms with Gasteiger partial charge in [0, 0.05) is 23.2 Å². The Hall–Kier alpha value is -1.30. The molecule has 0 saturated heterocycles. The SMILES string of the molecule is Cc1nc(-c2cnc3ccsc3c2)sc1CN. The van der Waals surface area contributed by atoms with Gasteiger partial charge in [0.25, 0.3) is 0 Å². The van der Waals surface area contributed by atoms with Gasteiger partial charge in [-0.1, -0.05) is 0 Å². The molecule has 0 atom stereocenters. The molecule has 0 fully saturated rings. The Morgan fingerprint density at radius 3 is 3.06 bits per heavy atom. The molecule has 86 valence electrons. The van der Waals surface area contributed by atoms with Crippen molar-refractivity contribution in [2.75, 3.05) is 0 Å². The smallest absolute Gasteiger partial charge is 0.125 e. The highest BCUT2D eigenvalue weighted by molar-refractivity contribution is 7.17. The number of aryl methyl sites for hydroxylation is 1. The van der Waals surface area contributed by atoms with Crippen molar-refractivity contribution in [1.29, 1.82) is 0 Å². The van der Waals surface area contributed by atoms with Gasteiger partial charge in [-0.15, -0.1) is 22.7 Å². The summed E-state index contributed by atoms with van der Waals surface area (Å²) >= 11 is 3.35. The standard InChI is InChI=1S/C12H11N3S2/c1-7-11(5-13)17-12(15-7)8-4-10-9(14-6-8)2-3-16-10/h2-4,6H,5,13H2,1H3. The van der Waals surface area contributed by atoms with E-state index in [1.54, 1.807) is 22.7 Å². The predicted octanol–water partition coefficient (Wildman–Crippen LogP) is 3.19. The van der Waals surface area contributed by atoms with E-state index in [-0.39, 0.29) is 0 Å². The van der Waals surface area contributed by atoms with Crippen molar-refractivity contribution in [1.82, 2.24) is 9.97 Å². The van der Waals surface area contributed by atoms with Crippen LogP contribution in [0.1, 0.15) is 10.6 Å². The van der Waals surface area contributed by atoms with Crippen LogP contribution in [0, 0.1) is 6.92 Å². The van der Waals surface area contributed by atoms with Crippen molar-refractivity contribution >= 4 is 32.9 Å². The average Bonchev–Trinajstić information content (AvgIpc) is 2.93. The molecule has 0 amide bonds. The molecule has 2 N–H and O–H groups in total. The first-order valence-corrected chi connectivity index (χ1v) is 6.97. The van der Waals surface area contributed by atoms with E-state index in [0.717, 1.165) is 26.7 Å². The van der Waals surface area contributed by atoms with E-state index < -0.39 is 0 Å². The van der Waals surface area contributed by atoms with Crippen molar-refractivity contribution in [2.45, 2.75) is 13.5 Å². The van der Waals surface area contributed by atoms with Gasteiger partial charge in [-0.3, -0.25) is 4.98 Å². The Balaban J connectivity index is 2.12. The average molecular weight is 261 g/mol. The molecule has 0 aromatic carbocycles. The molecule has 3 rings (SSSR count). The van der Waals surface area contributed by atoms with E-state index in [1.807, 2.05) is 19.2 Å². The number of nitrogens with two attached hydrogens (primary N) is 1. The molecule has 0 aliphatic heterocycles. The van der Waals surface area contributed by atoms with Crippen molar-refractivity contribution in [3.8, 4) is 10.6 Å². The van der Waals surface area contributed by atoms with Crippen LogP contribution >= 0.6 is 22.7 Å². The van der Waals surface area contributed by atoms with Gasteiger partial charge in [0.05, 0.1) is 15.9 Å². The van der Waals surface area contributed by atoms with Gasteiger partial charge in [0.15, 0.2) is 0 Å². The quantitative estimate of drug-likeness (QED) is 0.770. The Kier molecular flexibility index (Phi) is 2.66. The maximum absolute atomic E-state index is 5.67. The molecule has 3 nitrogen and oxygen atoms in total. The molecule has 0 aliphatic carbocycles. The highest BCUT2D eigenvalue weighted by atomic mass is 32.1. The number of thiophene rings is 1. The highest BCUT2D eigenvalue weighted by Crippen LogP contribution is 2.30. The molecular formula is C12H11N3S2. The van der Waals surface area contributed by atoms with Crippen LogP contribution in [0.25, 0.3) is 20.8 Å². The number of hydrogen-bond donors (Lipinski definition) is 1. The molecule has 0 unspecified atom stereocenters. The normalized spacial score (nSPS) is 11.2. The minimum absolute atomic E-state index is 0.554. The van der Waals surface area contributed by atoms with Crippen LogP contribution in [0.15, 0.2) is 23.7 Å². The third-order valence-corrected chi connectivity index (χ3v) is 4.71. The molecule has 5 heteroatoms. The van der Waals surface area contributed by atoms with Gasteiger partial charge in [-0.05, 0) is 24.4 Å². The molecule has 0 aliphatic rings. The first-order valence-electron chi connectivity index (χ1n) is 5.28. The summed E-state index contributed by atoms with van der Waals surface area (Å²) in [5.41, 5.74) is 8.82. The summed E-state index contributed by atoms with van der Waals surface area (Å²) in [5, 5.41) is 3.06. The van der Waals surface area contributed by atoms with Crippen LogP contribution in [0.4, 0.5) is 0 Å². The number of pyridine rings is 1. The van der Waals surface area contributed by atoms with Crippen LogP contribution in [-0.2, 0) is 6.54 Å². The van der Waals surface area contributed by atoms with Gasteiger partial charge in [-0.2, -0.15) is 0 Å². The highest BCUT2D eigenvalue weighted by Gasteiger charge is 2.09. The van der Waals surface area contributed by atoms with Gasteiger partial charge >= 0.3 is 0 Å². The molecule has 0 spiro atoms. The van der Waals surface area contributed by atoms with Crippen LogP contribution < -0.4 is 5.73 Å². The minimum atomic E-state index is 0.554. The van der Waals surface area contributed by atoms with E-state index in [2.05, 4.69) is 21.4 Å². The molecule has 3 aromatic rings. The summed E-state index contributed by atoms with van der Waals surface area (Å²) < 4.78 is 1.20. The number of aromatic nitrogens is 2. The summed E-state index contributed by atoms with van der Waals surface area (Å²) in [6, 6.07) is 4.17. The summed E-state index contributed by atoms with van der Waals surface area (Å²) in [6.07, 6.45) is 1.88. The zero-order valence-corrected chi connectivity index (χ0v) is 10.9. The van der Waals surface area contributed by atoms with Crippen molar-refractivity contribution in [3.05, 3.63) is 34.3 Å². The van der Waals surface area contributed by atoms with Gasteiger partial charge < -0.3 is 5.73 Å². The van der Waals surface area contributed by atoms with Crippen LogP contribution in [0.3, 0.4) is 0 Å². The first kappa shape index (κ1) is 10.8. The molecule has 3 heterocycles. The zero-order chi connectivity index (χ0) is 11.8. The maximum atomic E-state index is 5.67. The fraction of sp³-hybridized carbons (Fsp3) is 0.167. The lowest BCUT2D eigenvalue weighted by Gasteiger charge is -1.95. The van der Waals surface area contributed by atoms with E-state index in [4.69, 9.17) is 5.73 Å². The molecular weight excluding hydrogens is 250 g/mol. The molecule has 17 heavy (non-hydrogen) atoms. The predicted molar refractivity (Wildman–Crippen MR) is 73.4 cm³/mol. The van der Waals surface area contributed by atoms with Crippen molar-refractivity contribution < 1.29 is 0 Å². The monoisotopic (exact) mass is 261 g/mol. The second kappa shape index (κ2) is 4.18. The topological polar surface area (TPSA) is 51.8 Å². The lowest BCUT2D eigenvalue weighted by molar-refractivity contribution is 1.06. The summed E-state index contributed by atoms with van der Waals surface area (Å²) in [5.74, 6) is 0. The molecule has 3 aromatic heterocycles. The third kappa shape index (κ3) is 1.86.